The van der Waals surface area contributed by atoms with Crippen LogP contribution in [0.25, 0.3) is 0 Å². The predicted molar refractivity (Wildman–Crippen MR) is 121 cm³/mol. The minimum atomic E-state index is -0.576. The highest BCUT2D eigenvalue weighted by Crippen LogP contribution is 2.15. The van der Waals surface area contributed by atoms with Gasteiger partial charge >= 0.3 is 6.03 Å². The molecular formula is C25H28N4O3. The summed E-state index contributed by atoms with van der Waals surface area (Å²) in [5.74, 6) is 0.519. The molecule has 2 aromatic carbocycles. The van der Waals surface area contributed by atoms with Gasteiger partial charge in [0.15, 0.2) is 0 Å². The van der Waals surface area contributed by atoms with E-state index in [4.69, 9.17) is 4.42 Å². The highest BCUT2D eigenvalue weighted by molar-refractivity contribution is 5.87. The Kier molecular flexibility index (Phi) is 7.19. The van der Waals surface area contributed by atoms with Gasteiger partial charge < -0.3 is 20.0 Å². The number of carbonyl (C=O) groups is 2. The van der Waals surface area contributed by atoms with E-state index in [0.717, 1.165) is 12.1 Å². The maximum absolute atomic E-state index is 13.1. The second kappa shape index (κ2) is 10.6. The summed E-state index contributed by atoms with van der Waals surface area (Å²) in [6.07, 6.45) is 1.57. The van der Waals surface area contributed by atoms with Crippen molar-refractivity contribution in [3.63, 3.8) is 0 Å². The highest BCUT2D eigenvalue weighted by atomic mass is 16.3. The molecule has 32 heavy (non-hydrogen) atoms. The molecule has 1 fully saturated rings. The lowest BCUT2D eigenvalue weighted by atomic mass is 10.1. The summed E-state index contributed by atoms with van der Waals surface area (Å²) in [5, 5.41) is 5.87. The van der Waals surface area contributed by atoms with Crippen molar-refractivity contribution in [1.82, 2.24) is 20.4 Å². The van der Waals surface area contributed by atoms with Crippen LogP contribution in [0.5, 0.6) is 0 Å². The second-order valence-corrected chi connectivity index (χ2v) is 7.87. The average molecular weight is 433 g/mol. The van der Waals surface area contributed by atoms with Crippen molar-refractivity contribution in [3.8, 4) is 0 Å². The average Bonchev–Trinajstić information content (AvgIpc) is 3.36. The van der Waals surface area contributed by atoms with Crippen LogP contribution in [0.1, 0.15) is 16.9 Å². The Morgan fingerprint density at radius 2 is 1.56 bits per heavy atom. The number of urea groups is 1. The van der Waals surface area contributed by atoms with Crippen LogP contribution in [-0.4, -0.2) is 47.4 Å². The first kappa shape index (κ1) is 21.6. The first-order valence-corrected chi connectivity index (χ1v) is 10.8. The number of nitrogens with zero attached hydrogens (tertiary/aromatic N) is 2. The molecule has 3 amide bonds. The van der Waals surface area contributed by atoms with Crippen LogP contribution in [0, 0.1) is 0 Å². The van der Waals surface area contributed by atoms with Gasteiger partial charge in [-0.15, -0.1) is 0 Å². The third kappa shape index (κ3) is 5.76. The van der Waals surface area contributed by atoms with Gasteiger partial charge in [-0.25, -0.2) is 4.79 Å². The Morgan fingerprint density at radius 1 is 0.844 bits per heavy atom. The molecule has 0 saturated carbocycles. The second-order valence-electron chi connectivity index (χ2n) is 7.87. The van der Waals surface area contributed by atoms with Crippen molar-refractivity contribution in [1.29, 1.82) is 0 Å². The van der Waals surface area contributed by atoms with Gasteiger partial charge in [-0.1, -0.05) is 60.7 Å². The molecule has 166 valence electrons. The monoisotopic (exact) mass is 432 g/mol. The Morgan fingerprint density at radius 3 is 2.25 bits per heavy atom. The van der Waals surface area contributed by atoms with Crippen molar-refractivity contribution < 1.29 is 14.0 Å². The zero-order valence-corrected chi connectivity index (χ0v) is 17.9. The molecule has 0 bridgehead atoms. The SMILES string of the molecule is O=C(NCc1ccccc1)C1CN(Cc2ccccc2)CCN1C(=O)NCc1ccco1. The fraction of sp³-hybridized carbons (Fsp3) is 0.280. The lowest BCUT2D eigenvalue weighted by Gasteiger charge is -2.40. The van der Waals surface area contributed by atoms with Gasteiger partial charge in [0.05, 0.1) is 12.8 Å². The van der Waals surface area contributed by atoms with Crippen LogP contribution < -0.4 is 10.6 Å². The number of furan rings is 1. The summed E-state index contributed by atoms with van der Waals surface area (Å²) in [6, 6.07) is 22.7. The molecule has 1 aromatic heterocycles. The van der Waals surface area contributed by atoms with Crippen LogP contribution in [-0.2, 0) is 24.4 Å². The van der Waals surface area contributed by atoms with E-state index in [0.29, 0.717) is 31.9 Å². The van der Waals surface area contributed by atoms with E-state index < -0.39 is 6.04 Å². The number of carbonyl (C=O) groups excluding carboxylic acids is 2. The number of amides is 3. The normalized spacial score (nSPS) is 16.5. The van der Waals surface area contributed by atoms with Gasteiger partial charge in [0.1, 0.15) is 11.8 Å². The van der Waals surface area contributed by atoms with Gasteiger partial charge in [0, 0.05) is 32.7 Å². The molecule has 2 N–H and O–H groups in total. The van der Waals surface area contributed by atoms with Gasteiger partial charge in [0.25, 0.3) is 0 Å². The van der Waals surface area contributed by atoms with Crippen molar-refractivity contribution in [2.24, 2.45) is 0 Å². The number of nitrogens with one attached hydrogen (secondary N) is 2. The van der Waals surface area contributed by atoms with Gasteiger partial charge in [0.2, 0.25) is 5.91 Å². The van der Waals surface area contributed by atoms with Gasteiger partial charge in [-0.2, -0.15) is 0 Å². The number of rotatable bonds is 7. The fourth-order valence-electron chi connectivity index (χ4n) is 3.87. The molecule has 0 aliphatic carbocycles. The molecule has 1 aliphatic rings. The van der Waals surface area contributed by atoms with E-state index in [1.807, 2.05) is 54.6 Å². The van der Waals surface area contributed by atoms with E-state index in [-0.39, 0.29) is 18.5 Å². The third-order valence-electron chi connectivity index (χ3n) is 5.58. The number of hydrogen-bond donors (Lipinski definition) is 2. The predicted octanol–water partition coefficient (Wildman–Crippen LogP) is 2.99. The minimum Gasteiger partial charge on any atom is -0.467 e. The molecule has 3 aromatic rings. The fourth-order valence-corrected chi connectivity index (χ4v) is 3.87. The van der Waals surface area contributed by atoms with E-state index in [2.05, 4.69) is 27.7 Å². The minimum absolute atomic E-state index is 0.153. The summed E-state index contributed by atoms with van der Waals surface area (Å²) in [5.41, 5.74) is 2.21. The van der Waals surface area contributed by atoms with Gasteiger partial charge in [-0.3, -0.25) is 9.69 Å². The van der Waals surface area contributed by atoms with E-state index in [1.165, 1.54) is 5.56 Å². The molecule has 0 spiro atoms. The topological polar surface area (TPSA) is 77.8 Å². The molecule has 1 saturated heterocycles. The lowest BCUT2D eigenvalue weighted by Crippen LogP contribution is -2.62. The summed E-state index contributed by atoms with van der Waals surface area (Å²) in [7, 11) is 0. The largest absolute Gasteiger partial charge is 0.467 e. The summed E-state index contributed by atoms with van der Waals surface area (Å²) in [6.45, 7) is 3.10. The summed E-state index contributed by atoms with van der Waals surface area (Å²) < 4.78 is 5.30. The molecule has 0 radical (unpaired) electrons. The van der Waals surface area contributed by atoms with Crippen molar-refractivity contribution in [3.05, 3.63) is 95.9 Å². The Labute approximate surface area is 188 Å². The zero-order chi connectivity index (χ0) is 22.2. The summed E-state index contributed by atoms with van der Waals surface area (Å²) in [4.78, 5) is 29.9. The number of hydrogen-bond acceptors (Lipinski definition) is 4. The number of piperazine rings is 1. The Bertz CT molecular complexity index is 993. The maximum atomic E-state index is 13.1. The molecule has 1 unspecified atom stereocenters. The molecule has 7 heteroatoms. The Balaban J connectivity index is 1.42. The van der Waals surface area contributed by atoms with E-state index >= 15 is 0 Å². The molecule has 1 atom stereocenters. The molecule has 2 heterocycles. The first-order chi connectivity index (χ1) is 15.7. The molecule has 1 aliphatic heterocycles. The van der Waals surface area contributed by atoms with Crippen molar-refractivity contribution in [2.75, 3.05) is 19.6 Å². The molecule has 4 rings (SSSR count). The third-order valence-corrected chi connectivity index (χ3v) is 5.58. The zero-order valence-electron chi connectivity index (χ0n) is 17.9. The van der Waals surface area contributed by atoms with Crippen LogP contribution in [0.4, 0.5) is 4.79 Å². The van der Waals surface area contributed by atoms with Gasteiger partial charge in [-0.05, 0) is 23.3 Å². The maximum Gasteiger partial charge on any atom is 0.318 e. The van der Waals surface area contributed by atoms with Crippen LogP contribution in [0.2, 0.25) is 0 Å². The molecule has 7 nitrogen and oxygen atoms in total. The highest BCUT2D eigenvalue weighted by Gasteiger charge is 2.35. The standard InChI is InChI=1S/C25H28N4O3/c30-24(26-16-20-8-3-1-4-9-20)23-19-28(18-21-10-5-2-6-11-21)13-14-29(23)25(31)27-17-22-12-7-15-32-22/h1-12,15,23H,13-14,16-19H2,(H,26,30)(H,27,31). The van der Waals surface area contributed by atoms with Crippen LogP contribution in [0.15, 0.2) is 83.5 Å². The smallest absolute Gasteiger partial charge is 0.318 e. The van der Waals surface area contributed by atoms with Crippen molar-refractivity contribution >= 4 is 11.9 Å². The number of benzene rings is 2. The van der Waals surface area contributed by atoms with Crippen LogP contribution >= 0.6 is 0 Å². The first-order valence-electron chi connectivity index (χ1n) is 10.8. The van der Waals surface area contributed by atoms with Crippen LogP contribution in [0.3, 0.4) is 0 Å². The Hall–Kier alpha value is -3.58. The van der Waals surface area contributed by atoms with E-state index in [1.54, 1.807) is 17.2 Å². The van der Waals surface area contributed by atoms with Crippen molar-refractivity contribution in [2.45, 2.75) is 25.7 Å². The lowest BCUT2D eigenvalue weighted by molar-refractivity contribution is -0.127. The quantitative estimate of drug-likeness (QED) is 0.602. The summed E-state index contributed by atoms with van der Waals surface area (Å²) >= 11 is 0. The van der Waals surface area contributed by atoms with E-state index in [9.17, 15) is 9.59 Å². The molecular weight excluding hydrogens is 404 g/mol.